The summed E-state index contributed by atoms with van der Waals surface area (Å²) in [5.41, 5.74) is 3.81. The van der Waals surface area contributed by atoms with Gasteiger partial charge in [-0.05, 0) is 52.2 Å². The van der Waals surface area contributed by atoms with Crippen molar-refractivity contribution >= 4 is 27.7 Å². The molecule has 1 fully saturated rings. The van der Waals surface area contributed by atoms with Gasteiger partial charge in [-0.15, -0.1) is 0 Å². The van der Waals surface area contributed by atoms with Gasteiger partial charge in [-0.1, -0.05) is 6.07 Å². The summed E-state index contributed by atoms with van der Waals surface area (Å²) in [6.07, 6.45) is -1.77. The van der Waals surface area contributed by atoms with Crippen molar-refractivity contribution in [1.29, 1.82) is 0 Å². The van der Waals surface area contributed by atoms with E-state index in [-0.39, 0.29) is 29.5 Å². The van der Waals surface area contributed by atoms with E-state index in [9.17, 15) is 18.0 Å². The number of nitrogens with two attached hydrogens (primary N) is 1. The Balaban J connectivity index is 1.70. The summed E-state index contributed by atoms with van der Waals surface area (Å²) >= 11 is 3.24. The second-order valence-corrected chi connectivity index (χ2v) is 7.77. The fraction of sp³-hybridized carbons (Fsp3) is 0.316. The second-order valence-electron chi connectivity index (χ2n) is 6.85. The van der Waals surface area contributed by atoms with Crippen LogP contribution in [0.4, 0.5) is 13.2 Å². The molecule has 0 saturated heterocycles. The molecule has 1 aliphatic carbocycles. The topological polar surface area (TPSA) is 77.6 Å². The van der Waals surface area contributed by atoms with Gasteiger partial charge < -0.3 is 10.5 Å². The van der Waals surface area contributed by atoms with Crippen LogP contribution in [0.3, 0.4) is 0 Å². The Morgan fingerprint density at radius 3 is 2.82 bits per heavy atom. The quantitative estimate of drug-likeness (QED) is 0.701. The molecule has 28 heavy (non-hydrogen) atoms. The number of benzene rings is 1. The van der Waals surface area contributed by atoms with Crippen molar-refractivity contribution in [2.45, 2.75) is 30.9 Å². The maximum Gasteiger partial charge on any atom is 0.283 e. The first-order chi connectivity index (χ1) is 13.3. The lowest BCUT2D eigenvalue weighted by Gasteiger charge is -2.33. The lowest BCUT2D eigenvalue weighted by Crippen LogP contribution is -2.43. The minimum atomic E-state index is -2.97. The summed E-state index contributed by atoms with van der Waals surface area (Å²) in [6, 6.07) is 6.60. The van der Waals surface area contributed by atoms with Gasteiger partial charge >= 0.3 is 0 Å². The molecule has 2 aromatic rings. The fourth-order valence-corrected chi connectivity index (χ4v) is 3.84. The highest BCUT2D eigenvalue weighted by molar-refractivity contribution is 9.10. The van der Waals surface area contributed by atoms with Crippen molar-refractivity contribution in [2.75, 3.05) is 0 Å². The number of carbonyl (C=O) groups excluding carboxylic acids is 1. The van der Waals surface area contributed by atoms with Crippen LogP contribution in [0.5, 0.6) is 0 Å². The number of carbonyl (C=O) groups is 1. The lowest BCUT2D eigenvalue weighted by molar-refractivity contribution is 0.0176. The molecule has 0 unspecified atom stereocenters. The van der Waals surface area contributed by atoms with Gasteiger partial charge in [0.05, 0.1) is 0 Å². The van der Waals surface area contributed by atoms with Gasteiger partial charge in [0, 0.05) is 28.6 Å². The normalized spacial score (nSPS) is 25.7. The van der Waals surface area contributed by atoms with Crippen LogP contribution < -0.4 is 5.73 Å². The van der Waals surface area contributed by atoms with E-state index in [2.05, 4.69) is 25.9 Å². The first-order valence-electron chi connectivity index (χ1n) is 8.55. The lowest BCUT2D eigenvalue weighted by atomic mass is 9.83. The van der Waals surface area contributed by atoms with E-state index < -0.39 is 29.8 Å². The minimum Gasteiger partial charge on any atom is -0.462 e. The van der Waals surface area contributed by atoms with Gasteiger partial charge in [-0.25, -0.2) is 18.2 Å². The molecule has 1 aromatic carbocycles. The van der Waals surface area contributed by atoms with Crippen molar-refractivity contribution in [3.8, 4) is 0 Å². The Hall–Kier alpha value is -2.42. The number of hydrogen-bond donors (Lipinski definition) is 1. The van der Waals surface area contributed by atoms with Crippen LogP contribution in [0.15, 0.2) is 46.0 Å². The Labute approximate surface area is 166 Å². The molecule has 4 rings (SSSR count). The fourth-order valence-electron chi connectivity index (χ4n) is 3.61. The van der Waals surface area contributed by atoms with E-state index in [0.29, 0.717) is 12.0 Å². The number of amidine groups is 1. The number of aliphatic imine (C=N–C) groups is 1. The smallest absolute Gasteiger partial charge is 0.283 e. The SMILES string of the molecule is NC1=N[C@@](c2cc(CC(=O)c3ccc(Br)cn3)ccc2F)(C(F)F)[C@H]2C[C@H]2O1. The Bertz CT molecular complexity index is 967. The van der Waals surface area contributed by atoms with Crippen LogP contribution >= 0.6 is 15.9 Å². The molecule has 5 nitrogen and oxygen atoms in total. The summed E-state index contributed by atoms with van der Waals surface area (Å²) in [6.45, 7) is 0. The van der Waals surface area contributed by atoms with Crippen LogP contribution in [-0.4, -0.2) is 29.3 Å². The molecule has 2 aliphatic rings. The third-order valence-corrected chi connectivity index (χ3v) is 5.51. The molecule has 1 aromatic heterocycles. The molecule has 0 bridgehead atoms. The van der Waals surface area contributed by atoms with E-state index in [1.165, 1.54) is 18.3 Å². The molecule has 146 valence electrons. The molecule has 2 N–H and O–H groups in total. The number of nitrogens with zero attached hydrogens (tertiary/aromatic N) is 2. The summed E-state index contributed by atoms with van der Waals surface area (Å²) < 4.78 is 48.8. The second kappa shape index (κ2) is 6.88. The molecule has 1 saturated carbocycles. The van der Waals surface area contributed by atoms with E-state index in [1.54, 1.807) is 12.1 Å². The van der Waals surface area contributed by atoms with E-state index in [4.69, 9.17) is 10.5 Å². The van der Waals surface area contributed by atoms with Gasteiger partial charge in [-0.3, -0.25) is 9.78 Å². The van der Waals surface area contributed by atoms with Crippen LogP contribution in [0.2, 0.25) is 0 Å². The molecular weight excluding hydrogens is 439 g/mol. The molecule has 0 radical (unpaired) electrons. The monoisotopic (exact) mass is 453 g/mol. The third kappa shape index (κ3) is 3.17. The minimum absolute atomic E-state index is 0.106. The van der Waals surface area contributed by atoms with Crippen LogP contribution in [0, 0.1) is 11.7 Å². The van der Waals surface area contributed by atoms with Crippen LogP contribution in [0.25, 0.3) is 0 Å². The zero-order chi connectivity index (χ0) is 20.1. The predicted molar refractivity (Wildman–Crippen MR) is 98.7 cm³/mol. The van der Waals surface area contributed by atoms with Crippen molar-refractivity contribution < 1.29 is 22.7 Å². The number of aromatic nitrogens is 1. The number of halogens is 4. The molecule has 9 heteroatoms. The Morgan fingerprint density at radius 1 is 1.36 bits per heavy atom. The molecule has 0 amide bonds. The number of alkyl halides is 2. The third-order valence-electron chi connectivity index (χ3n) is 5.04. The van der Waals surface area contributed by atoms with E-state index >= 15 is 0 Å². The van der Waals surface area contributed by atoms with Crippen molar-refractivity contribution in [3.05, 3.63) is 63.6 Å². The summed E-state index contributed by atoms with van der Waals surface area (Å²) in [5.74, 6) is -1.79. The van der Waals surface area contributed by atoms with Crippen LogP contribution in [0.1, 0.15) is 28.0 Å². The molecule has 0 spiro atoms. The maximum absolute atomic E-state index is 14.6. The van der Waals surface area contributed by atoms with Gasteiger partial charge in [0.25, 0.3) is 12.4 Å². The Morgan fingerprint density at radius 2 is 2.14 bits per heavy atom. The highest BCUT2D eigenvalue weighted by atomic mass is 79.9. The summed E-state index contributed by atoms with van der Waals surface area (Å²) in [7, 11) is 0. The molecule has 2 heterocycles. The number of Topliss-reactive ketones (excluding diaryl/α,β-unsaturated/α-hetero) is 1. The van der Waals surface area contributed by atoms with Gasteiger partial charge in [0.15, 0.2) is 11.3 Å². The van der Waals surface area contributed by atoms with Crippen molar-refractivity contribution in [2.24, 2.45) is 16.6 Å². The first-order valence-corrected chi connectivity index (χ1v) is 9.34. The highest BCUT2D eigenvalue weighted by Crippen LogP contribution is 2.56. The zero-order valence-electron chi connectivity index (χ0n) is 14.4. The average Bonchev–Trinajstić information content (AvgIpc) is 3.42. The number of rotatable bonds is 5. The average molecular weight is 454 g/mol. The standard InChI is InChI=1S/C19H15BrF3N3O2/c20-10-2-4-14(25-8-10)15(27)6-9-1-3-13(21)11(5-9)19(17(22)23)12-7-16(12)28-18(24)26-19/h1-5,8,12,16-17H,6-7H2,(H2,24,26)/t12-,16+,19+/m0/s1. The van der Waals surface area contributed by atoms with Crippen molar-refractivity contribution in [3.63, 3.8) is 0 Å². The predicted octanol–water partition coefficient (Wildman–Crippen LogP) is 3.60. The maximum atomic E-state index is 14.6. The summed E-state index contributed by atoms with van der Waals surface area (Å²) in [5, 5.41) is 0. The largest absolute Gasteiger partial charge is 0.462 e. The van der Waals surface area contributed by atoms with Gasteiger partial charge in [0.2, 0.25) is 0 Å². The first kappa shape index (κ1) is 18.9. The molecule has 3 atom stereocenters. The number of fused-ring (bicyclic) bond motifs is 1. The highest BCUT2D eigenvalue weighted by Gasteiger charge is 2.64. The number of pyridine rings is 1. The molecular formula is C19H15BrF3N3O2. The zero-order valence-corrected chi connectivity index (χ0v) is 16.0. The van der Waals surface area contributed by atoms with E-state index in [0.717, 1.165) is 10.5 Å². The van der Waals surface area contributed by atoms with Crippen molar-refractivity contribution in [1.82, 2.24) is 4.98 Å². The number of hydrogen-bond acceptors (Lipinski definition) is 5. The number of ketones is 1. The van der Waals surface area contributed by atoms with Gasteiger partial charge in [-0.2, -0.15) is 0 Å². The summed E-state index contributed by atoms with van der Waals surface area (Å²) in [4.78, 5) is 20.3. The van der Waals surface area contributed by atoms with E-state index in [1.807, 2.05) is 0 Å². The van der Waals surface area contributed by atoms with Crippen LogP contribution in [-0.2, 0) is 16.7 Å². The molecule has 1 aliphatic heterocycles. The number of ether oxygens (including phenoxy) is 1. The Kier molecular flexibility index (Phi) is 4.65. The van der Waals surface area contributed by atoms with Gasteiger partial charge in [0.1, 0.15) is 17.6 Å².